The number of carboxylic acids is 1. The van der Waals surface area contributed by atoms with E-state index >= 15 is 0 Å². The zero-order chi connectivity index (χ0) is 18.7. The number of likely N-dealkylation sites (tertiary alicyclic amines) is 1. The van der Waals surface area contributed by atoms with Gasteiger partial charge in [0.2, 0.25) is 5.91 Å². The van der Waals surface area contributed by atoms with Crippen LogP contribution in [0.5, 0.6) is 0 Å². The van der Waals surface area contributed by atoms with E-state index in [4.69, 9.17) is 5.11 Å². The first kappa shape index (κ1) is 21.6. The molecule has 3 atom stereocenters. The molecule has 1 saturated heterocycles. The molecule has 0 aliphatic carbocycles. The zero-order valence-corrected chi connectivity index (χ0v) is 15.3. The third-order valence-corrected chi connectivity index (χ3v) is 4.62. The van der Waals surface area contributed by atoms with Crippen molar-refractivity contribution in [1.82, 2.24) is 4.90 Å². The van der Waals surface area contributed by atoms with Gasteiger partial charge in [-0.25, -0.2) is 0 Å². The number of amides is 1. The molecule has 0 aromatic heterocycles. The van der Waals surface area contributed by atoms with Crippen molar-refractivity contribution in [2.75, 3.05) is 6.54 Å². The lowest BCUT2D eigenvalue weighted by molar-refractivity contribution is -0.137. The number of rotatable bonds is 13. The van der Waals surface area contributed by atoms with E-state index in [9.17, 15) is 19.8 Å². The Labute approximate surface area is 150 Å². The zero-order valence-electron chi connectivity index (χ0n) is 15.3. The minimum atomic E-state index is -0.827. The molecule has 0 aromatic carbocycles. The molecule has 144 valence electrons. The number of carbonyl (C=O) groups excluding carboxylic acids is 1. The van der Waals surface area contributed by atoms with Gasteiger partial charge in [0.1, 0.15) is 0 Å². The molecule has 1 fully saturated rings. The molecule has 3 unspecified atom stereocenters. The van der Waals surface area contributed by atoms with E-state index in [0.717, 1.165) is 25.7 Å². The van der Waals surface area contributed by atoms with Gasteiger partial charge in [-0.1, -0.05) is 44.8 Å². The number of unbranched alkanes of at least 4 members (excludes halogenated alkanes) is 3. The topological polar surface area (TPSA) is 98.1 Å². The fourth-order valence-electron chi connectivity index (χ4n) is 3.12. The van der Waals surface area contributed by atoms with Crippen molar-refractivity contribution in [2.24, 2.45) is 0 Å². The van der Waals surface area contributed by atoms with E-state index in [2.05, 4.69) is 6.92 Å². The number of nitrogens with zero attached hydrogens (tertiary/aromatic N) is 1. The van der Waals surface area contributed by atoms with Crippen LogP contribution in [0.25, 0.3) is 0 Å². The van der Waals surface area contributed by atoms with Gasteiger partial charge in [0.15, 0.2) is 0 Å². The quantitative estimate of drug-likeness (QED) is 0.348. The Morgan fingerprint density at radius 1 is 1.24 bits per heavy atom. The smallest absolute Gasteiger partial charge is 0.303 e. The van der Waals surface area contributed by atoms with Crippen molar-refractivity contribution in [3.63, 3.8) is 0 Å². The molecular formula is C19H33NO5. The standard InChI is InChI=1S/C19H33NO5/c1-2-3-4-7-16(21)12-10-15-11-13-18(23)20(15)14-17(22)8-5-6-9-19(24)25/h10,12,15-17,21-22H,2-9,11,13-14H2,1H3,(H,24,25)/b12-10+. The van der Waals surface area contributed by atoms with E-state index < -0.39 is 18.2 Å². The highest BCUT2D eigenvalue weighted by Gasteiger charge is 2.30. The van der Waals surface area contributed by atoms with Crippen molar-refractivity contribution < 1.29 is 24.9 Å². The maximum Gasteiger partial charge on any atom is 0.303 e. The summed E-state index contributed by atoms with van der Waals surface area (Å²) in [5.74, 6) is -0.799. The Bertz CT molecular complexity index is 438. The van der Waals surface area contributed by atoms with Gasteiger partial charge in [-0.3, -0.25) is 9.59 Å². The first-order chi connectivity index (χ1) is 11.9. The van der Waals surface area contributed by atoms with Crippen molar-refractivity contribution in [1.29, 1.82) is 0 Å². The van der Waals surface area contributed by atoms with Gasteiger partial charge in [0, 0.05) is 19.4 Å². The average molecular weight is 355 g/mol. The first-order valence-corrected chi connectivity index (χ1v) is 9.49. The minimum absolute atomic E-state index is 0.0275. The lowest BCUT2D eigenvalue weighted by Gasteiger charge is -2.25. The molecule has 3 N–H and O–H groups in total. The molecule has 0 spiro atoms. The average Bonchev–Trinajstić information content (AvgIpc) is 2.90. The normalized spacial score (nSPS) is 20.4. The van der Waals surface area contributed by atoms with Crippen LogP contribution in [0.15, 0.2) is 12.2 Å². The van der Waals surface area contributed by atoms with Crippen LogP contribution in [0.2, 0.25) is 0 Å². The molecule has 1 heterocycles. The van der Waals surface area contributed by atoms with E-state index in [1.54, 1.807) is 11.0 Å². The van der Waals surface area contributed by atoms with Crippen LogP contribution in [0.1, 0.15) is 71.1 Å². The molecule has 0 radical (unpaired) electrons. The van der Waals surface area contributed by atoms with Crippen molar-refractivity contribution in [2.45, 2.75) is 89.4 Å². The summed E-state index contributed by atoms with van der Waals surface area (Å²) in [6.07, 6.45) is 9.43. The summed E-state index contributed by atoms with van der Waals surface area (Å²) in [7, 11) is 0. The molecule has 6 nitrogen and oxygen atoms in total. The lowest BCUT2D eigenvalue weighted by atomic mass is 10.1. The summed E-state index contributed by atoms with van der Waals surface area (Å²) in [4.78, 5) is 24.2. The van der Waals surface area contributed by atoms with E-state index in [1.807, 2.05) is 6.08 Å². The second-order valence-corrected chi connectivity index (χ2v) is 6.89. The Balaban J connectivity index is 2.39. The third kappa shape index (κ3) is 9.02. The van der Waals surface area contributed by atoms with Crippen LogP contribution < -0.4 is 0 Å². The Morgan fingerprint density at radius 2 is 1.96 bits per heavy atom. The van der Waals surface area contributed by atoms with Crippen molar-refractivity contribution in [3.8, 4) is 0 Å². The lowest BCUT2D eigenvalue weighted by Crippen LogP contribution is -2.38. The number of aliphatic hydroxyl groups excluding tert-OH is 2. The Hall–Kier alpha value is -1.40. The second kappa shape index (κ2) is 12.0. The van der Waals surface area contributed by atoms with Gasteiger partial charge < -0.3 is 20.2 Å². The van der Waals surface area contributed by atoms with Crippen LogP contribution in [0, 0.1) is 0 Å². The fourth-order valence-corrected chi connectivity index (χ4v) is 3.12. The molecule has 25 heavy (non-hydrogen) atoms. The number of aliphatic carboxylic acids is 1. The highest BCUT2D eigenvalue weighted by Crippen LogP contribution is 2.21. The second-order valence-electron chi connectivity index (χ2n) is 6.89. The summed E-state index contributed by atoms with van der Waals surface area (Å²) in [6.45, 7) is 2.39. The summed E-state index contributed by atoms with van der Waals surface area (Å²) in [5.41, 5.74) is 0. The van der Waals surface area contributed by atoms with Gasteiger partial charge in [0.05, 0.1) is 18.2 Å². The van der Waals surface area contributed by atoms with Crippen LogP contribution in [-0.2, 0) is 9.59 Å². The number of carboxylic acid groups (broad SMARTS) is 1. The summed E-state index contributed by atoms with van der Waals surface area (Å²) in [6, 6.07) is -0.0676. The highest BCUT2D eigenvalue weighted by atomic mass is 16.4. The first-order valence-electron chi connectivity index (χ1n) is 9.49. The molecule has 1 aliphatic rings. The summed E-state index contributed by atoms with van der Waals surface area (Å²) < 4.78 is 0. The molecule has 6 heteroatoms. The molecule has 0 aromatic rings. The molecule has 1 rings (SSSR count). The van der Waals surface area contributed by atoms with Gasteiger partial charge in [-0.2, -0.15) is 0 Å². The van der Waals surface area contributed by atoms with Gasteiger partial charge in [-0.15, -0.1) is 0 Å². The predicted molar refractivity (Wildman–Crippen MR) is 96.1 cm³/mol. The van der Waals surface area contributed by atoms with Crippen LogP contribution in [0.3, 0.4) is 0 Å². The maximum absolute atomic E-state index is 12.0. The molecule has 0 bridgehead atoms. The number of carbonyl (C=O) groups is 2. The van der Waals surface area contributed by atoms with Gasteiger partial charge in [0.25, 0.3) is 0 Å². The van der Waals surface area contributed by atoms with Crippen molar-refractivity contribution >= 4 is 11.9 Å². The molecular weight excluding hydrogens is 322 g/mol. The Morgan fingerprint density at radius 3 is 2.64 bits per heavy atom. The third-order valence-electron chi connectivity index (χ3n) is 4.62. The highest BCUT2D eigenvalue weighted by molar-refractivity contribution is 5.79. The SMILES string of the molecule is CCCCCC(O)/C=C/C1CCC(=O)N1CC(O)CCCCC(=O)O. The van der Waals surface area contributed by atoms with E-state index in [-0.39, 0.29) is 24.9 Å². The fraction of sp³-hybridized carbons (Fsp3) is 0.789. The molecule has 1 aliphatic heterocycles. The Kier molecular flexibility index (Phi) is 10.4. The monoisotopic (exact) mass is 355 g/mol. The maximum atomic E-state index is 12.0. The molecule has 0 saturated carbocycles. The van der Waals surface area contributed by atoms with Gasteiger partial charge >= 0.3 is 5.97 Å². The van der Waals surface area contributed by atoms with Crippen molar-refractivity contribution in [3.05, 3.63) is 12.2 Å². The van der Waals surface area contributed by atoms with Crippen LogP contribution >= 0.6 is 0 Å². The largest absolute Gasteiger partial charge is 0.481 e. The predicted octanol–water partition coefficient (Wildman–Crippen LogP) is 2.48. The van der Waals surface area contributed by atoms with E-state index in [0.29, 0.717) is 32.1 Å². The van der Waals surface area contributed by atoms with Crippen LogP contribution in [-0.4, -0.2) is 56.9 Å². The number of hydrogen-bond donors (Lipinski definition) is 3. The summed E-state index contributed by atoms with van der Waals surface area (Å²) in [5, 5.41) is 28.7. The molecule has 1 amide bonds. The number of hydrogen-bond acceptors (Lipinski definition) is 4. The van der Waals surface area contributed by atoms with Crippen LogP contribution in [0.4, 0.5) is 0 Å². The van der Waals surface area contributed by atoms with E-state index in [1.165, 1.54) is 0 Å². The number of β-amino-alcohol motifs (C(OH)–C–C–N with tert-alkyl or cyclic N) is 1. The van der Waals surface area contributed by atoms with Gasteiger partial charge in [-0.05, 0) is 25.7 Å². The number of aliphatic hydroxyl groups is 2. The minimum Gasteiger partial charge on any atom is -0.481 e. The summed E-state index contributed by atoms with van der Waals surface area (Å²) >= 11 is 0.